The maximum Gasteiger partial charge on any atom is 0.237 e. The molecule has 0 bridgehead atoms. The fourth-order valence-corrected chi connectivity index (χ4v) is 1.64. The van der Waals surface area contributed by atoms with E-state index in [1.165, 1.54) is 6.39 Å². The smallest absolute Gasteiger partial charge is 0.237 e. The highest BCUT2D eigenvalue weighted by molar-refractivity contribution is 5.82. The molecule has 2 unspecified atom stereocenters. The number of amides is 1. The van der Waals surface area contributed by atoms with Gasteiger partial charge in [-0.15, -0.1) is 0 Å². The lowest BCUT2D eigenvalue weighted by atomic mass is 10.2. The first-order valence-electron chi connectivity index (χ1n) is 5.08. The zero-order chi connectivity index (χ0) is 11.4. The monoisotopic (exact) mass is 226 g/mol. The van der Waals surface area contributed by atoms with E-state index in [0.29, 0.717) is 18.8 Å². The van der Waals surface area contributed by atoms with Gasteiger partial charge in [0.05, 0.1) is 18.7 Å². The number of aromatic nitrogens is 2. The molecule has 2 rings (SSSR count). The van der Waals surface area contributed by atoms with Crippen molar-refractivity contribution in [1.82, 2.24) is 20.8 Å². The topological polar surface area (TPSA) is 89.3 Å². The molecule has 2 heterocycles. The summed E-state index contributed by atoms with van der Waals surface area (Å²) in [6, 6.07) is -0.197. The molecule has 0 aromatic carbocycles. The fourth-order valence-electron chi connectivity index (χ4n) is 1.64. The Balaban J connectivity index is 1.76. The van der Waals surface area contributed by atoms with Gasteiger partial charge in [-0.2, -0.15) is 4.98 Å². The molecular formula is C9H14N4O3. The molecule has 7 heteroatoms. The molecule has 0 saturated carbocycles. The molecule has 0 radical (unpaired) electrons. The van der Waals surface area contributed by atoms with Gasteiger partial charge in [-0.25, -0.2) is 0 Å². The van der Waals surface area contributed by atoms with Crippen LogP contribution in [0.25, 0.3) is 0 Å². The average Bonchev–Trinajstić information content (AvgIpc) is 2.96. The molecule has 0 aliphatic carbocycles. The molecule has 1 aromatic rings. The number of nitrogens with one attached hydrogen (secondary N) is 2. The maximum atomic E-state index is 11.7. The fraction of sp³-hybridized carbons (Fsp3) is 0.667. The van der Waals surface area contributed by atoms with Crippen LogP contribution in [0.3, 0.4) is 0 Å². The van der Waals surface area contributed by atoms with E-state index < -0.39 is 0 Å². The molecule has 0 spiro atoms. The summed E-state index contributed by atoms with van der Waals surface area (Å²) in [5.74, 6) is 0.402. The number of nitrogens with zero attached hydrogens (tertiary/aromatic N) is 2. The molecule has 7 nitrogen and oxygen atoms in total. The van der Waals surface area contributed by atoms with Crippen molar-refractivity contribution in [3.8, 4) is 0 Å². The minimum atomic E-state index is -0.197. The lowest BCUT2D eigenvalue weighted by Gasteiger charge is -2.09. The van der Waals surface area contributed by atoms with Gasteiger partial charge >= 0.3 is 0 Å². The Morgan fingerprint density at radius 1 is 1.81 bits per heavy atom. The third-order valence-electron chi connectivity index (χ3n) is 2.57. The van der Waals surface area contributed by atoms with E-state index in [1.54, 1.807) is 7.11 Å². The number of methoxy groups -OCH3 is 1. The maximum absolute atomic E-state index is 11.7. The first-order chi connectivity index (χ1) is 7.79. The van der Waals surface area contributed by atoms with E-state index in [-0.39, 0.29) is 24.6 Å². The predicted octanol–water partition coefficient (Wildman–Crippen LogP) is -0.937. The van der Waals surface area contributed by atoms with Crippen LogP contribution in [0.15, 0.2) is 10.9 Å². The van der Waals surface area contributed by atoms with Crippen LogP contribution >= 0.6 is 0 Å². The van der Waals surface area contributed by atoms with Crippen LogP contribution in [0.4, 0.5) is 0 Å². The van der Waals surface area contributed by atoms with Gasteiger partial charge in [-0.1, -0.05) is 5.16 Å². The molecule has 1 aromatic heterocycles. The van der Waals surface area contributed by atoms with Crippen molar-refractivity contribution >= 4 is 5.91 Å². The largest absolute Gasteiger partial charge is 0.380 e. The summed E-state index contributed by atoms with van der Waals surface area (Å²) in [6.07, 6.45) is 2.03. The summed E-state index contributed by atoms with van der Waals surface area (Å²) in [5, 5.41) is 9.42. The SMILES string of the molecule is COC1CNC(C(=O)NCc2ncon2)C1. The van der Waals surface area contributed by atoms with E-state index in [9.17, 15) is 4.79 Å². The van der Waals surface area contributed by atoms with E-state index >= 15 is 0 Å². The summed E-state index contributed by atoms with van der Waals surface area (Å²) in [7, 11) is 1.64. The third-order valence-corrected chi connectivity index (χ3v) is 2.57. The minimum Gasteiger partial charge on any atom is -0.380 e. The lowest BCUT2D eigenvalue weighted by Crippen LogP contribution is -2.40. The van der Waals surface area contributed by atoms with Gasteiger partial charge in [-0.3, -0.25) is 4.79 Å². The van der Waals surface area contributed by atoms with E-state index in [4.69, 9.17) is 4.74 Å². The van der Waals surface area contributed by atoms with E-state index in [1.807, 2.05) is 0 Å². The standard InChI is InChI=1S/C9H14N4O3/c1-15-6-2-7(10-3-6)9(14)11-4-8-12-5-16-13-8/h5-7,10H,2-4H2,1H3,(H,11,14). The molecule has 2 N–H and O–H groups in total. The van der Waals surface area contributed by atoms with Crippen LogP contribution in [0.2, 0.25) is 0 Å². The van der Waals surface area contributed by atoms with Gasteiger partial charge < -0.3 is 19.9 Å². The Bertz CT molecular complexity index is 341. The zero-order valence-electron chi connectivity index (χ0n) is 8.97. The number of carbonyl (C=O) groups excluding carboxylic acids is 1. The number of ether oxygens (including phenoxy) is 1. The first kappa shape index (κ1) is 11.0. The second-order valence-corrected chi connectivity index (χ2v) is 3.62. The van der Waals surface area contributed by atoms with E-state index in [2.05, 4.69) is 25.3 Å². The highest BCUT2D eigenvalue weighted by atomic mass is 16.5. The van der Waals surface area contributed by atoms with Crippen LogP contribution in [-0.4, -0.2) is 41.8 Å². The van der Waals surface area contributed by atoms with Crippen molar-refractivity contribution in [3.05, 3.63) is 12.2 Å². The molecule has 1 saturated heterocycles. The van der Waals surface area contributed by atoms with Gasteiger partial charge in [0.2, 0.25) is 12.3 Å². The van der Waals surface area contributed by atoms with E-state index in [0.717, 1.165) is 0 Å². The molecule has 1 fully saturated rings. The van der Waals surface area contributed by atoms with Gasteiger partial charge in [0.1, 0.15) is 0 Å². The second-order valence-electron chi connectivity index (χ2n) is 3.62. The molecule has 1 amide bonds. The Morgan fingerprint density at radius 2 is 2.69 bits per heavy atom. The highest BCUT2D eigenvalue weighted by Gasteiger charge is 2.29. The summed E-state index contributed by atoms with van der Waals surface area (Å²) in [6.45, 7) is 0.988. The molecule has 16 heavy (non-hydrogen) atoms. The first-order valence-corrected chi connectivity index (χ1v) is 5.08. The molecule has 2 atom stereocenters. The van der Waals surface area contributed by atoms with Crippen molar-refractivity contribution in [3.63, 3.8) is 0 Å². The average molecular weight is 226 g/mol. The van der Waals surface area contributed by atoms with Gasteiger partial charge in [-0.05, 0) is 6.42 Å². The van der Waals surface area contributed by atoms with Crippen molar-refractivity contribution in [1.29, 1.82) is 0 Å². The van der Waals surface area contributed by atoms with Gasteiger partial charge in [0, 0.05) is 13.7 Å². The summed E-state index contributed by atoms with van der Waals surface area (Å²) >= 11 is 0. The molecule has 88 valence electrons. The van der Waals surface area contributed by atoms with Crippen LogP contribution in [0, 0.1) is 0 Å². The number of hydrogen-bond donors (Lipinski definition) is 2. The minimum absolute atomic E-state index is 0.0654. The Labute approximate surface area is 92.5 Å². The summed E-state index contributed by atoms with van der Waals surface area (Å²) < 4.78 is 9.72. The predicted molar refractivity (Wildman–Crippen MR) is 53.3 cm³/mol. The third kappa shape index (κ3) is 2.56. The van der Waals surface area contributed by atoms with Crippen LogP contribution in [0.5, 0.6) is 0 Å². The van der Waals surface area contributed by atoms with Crippen molar-refractivity contribution < 1.29 is 14.1 Å². The highest BCUT2D eigenvalue weighted by Crippen LogP contribution is 2.09. The van der Waals surface area contributed by atoms with Crippen LogP contribution in [0.1, 0.15) is 12.2 Å². The Morgan fingerprint density at radius 3 is 3.31 bits per heavy atom. The zero-order valence-corrected chi connectivity index (χ0v) is 8.97. The summed E-state index contributed by atoms with van der Waals surface area (Å²) in [4.78, 5) is 15.5. The number of hydrogen-bond acceptors (Lipinski definition) is 6. The Hall–Kier alpha value is -1.47. The second kappa shape index (κ2) is 5.04. The van der Waals surface area contributed by atoms with Crippen LogP contribution < -0.4 is 10.6 Å². The quantitative estimate of drug-likeness (QED) is 0.689. The normalized spacial score (nSPS) is 24.6. The van der Waals surface area contributed by atoms with Gasteiger partial charge in [0.15, 0.2) is 5.82 Å². The Kier molecular flexibility index (Phi) is 3.47. The number of carbonyl (C=O) groups is 1. The van der Waals surface area contributed by atoms with Crippen molar-refractivity contribution in [2.45, 2.75) is 25.1 Å². The van der Waals surface area contributed by atoms with Crippen molar-refractivity contribution in [2.24, 2.45) is 0 Å². The molecule has 1 aliphatic heterocycles. The summed E-state index contributed by atoms with van der Waals surface area (Å²) in [5.41, 5.74) is 0. The van der Waals surface area contributed by atoms with Crippen LogP contribution in [-0.2, 0) is 16.1 Å². The number of rotatable bonds is 4. The molecule has 1 aliphatic rings. The van der Waals surface area contributed by atoms with Gasteiger partial charge in [0.25, 0.3) is 0 Å². The lowest BCUT2D eigenvalue weighted by molar-refractivity contribution is -0.123. The molecular weight excluding hydrogens is 212 g/mol. The van der Waals surface area contributed by atoms with Crippen molar-refractivity contribution in [2.75, 3.05) is 13.7 Å².